The van der Waals surface area contributed by atoms with E-state index in [0.29, 0.717) is 51.1 Å². The fourth-order valence-electron chi connectivity index (χ4n) is 7.83. The van der Waals surface area contributed by atoms with Crippen LogP contribution < -0.4 is 32.9 Å². The lowest BCUT2D eigenvalue weighted by molar-refractivity contribution is -0.663. The predicted molar refractivity (Wildman–Crippen MR) is 200 cm³/mol. The summed E-state index contributed by atoms with van der Waals surface area (Å²) in [5.74, 6) is 1.51. The second-order valence-corrected chi connectivity index (χ2v) is 18.8. The number of rotatable bonds is 10. The molecular weight excluding hydrogens is 725 g/mol. The topological polar surface area (TPSA) is 66.5 Å². The van der Waals surface area contributed by atoms with Crippen molar-refractivity contribution in [2.45, 2.75) is 103 Å². The first kappa shape index (κ1) is 39.4. The summed E-state index contributed by atoms with van der Waals surface area (Å²) in [6, 6.07) is 32.5. The van der Waals surface area contributed by atoms with Gasteiger partial charge in [-0.15, -0.1) is 12.3 Å². The molecule has 9 heteroatoms. The third kappa shape index (κ3) is 9.25. The molecule has 2 aliphatic carbocycles. The maximum absolute atomic E-state index is 13.7. The van der Waals surface area contributed by atoms with Crippen LogP contribution in [0.3, 0.4) is 0 Å². The van der Waals surface area contributed by atoms with Gasteiger partial charge in [0.25, 0.3) is 0 Å². The van der Waals surface area contributed by atoms with Gasteiger partial charge in [0.15, 0.2) is 0 Å². The Bertz CT molecular complexity index is 1450. The summed E-state index contributed by atoms with van der Waals surface area (Å²) in [6.45, 7) is 7.86. The molecule has 1 aliphatic heterocycles. The minimum Gasteiger partial charge on any atom is -1.00 e. The second kappa shape index (κ2) is 17.4. The Morgan fingerprint density at radius 1 is 0.765 bits per heavy atom. The van der Waals surface area contributed by atoms with Crippen molar-refractivity contribution in [1.29, 1.82) is 0 Å². The quantitative estimate of drug-likeness (QED) is 0.158. The summed E-state index contributed by atoms with van der Waals surface area (Å²) >= 11 is 0. The monoisotopic (exact) mass is 777 g/mol. The van der Waals surface area contributed by atoms with Crippen LogP contribution in [-0.2, 0) is 24.3 Å². The van der Waals surface area contributed by atoms with Gasteiger partial charge in [0.05, 0.1) is 6.16 Å². The van der Waals surface area contributed by atoms with E-state index in [4.69, 9.17) is 30.7 Å². The summed E-state index contributed by atoms with van der Waals surface area (Å²) < 4.78 is 6.11. The van der Waals surface area contributed by atoms with Gasteiger partial charge in [0.2, 0.25) is 11.6 Å². The Labute approximate surface area is 315 Å². The van der Waals surface area contributed by atoms with E-state index in [-0.39, 0.29) is 34.6 Å². The van der Waals surface area contributed by atoms with Crippen LogP contribution in [0.2, 0.25) is 0 Å². The number of ether oxygens (including phenoxy) is 1. The molecule has 7 nitrogen and oxygen atoms in total. The zero-order valence-electron chi connectivity index (χ0n) is 30.3. The van der Waals surface area contributed by atoms with Crippen LogP contribution in [0.4, 0.5) is 4.79 Å². The highest BCUT2D eigenvalue weighted by Gasteiger charge is 2.53. The first-order valence-corrected chi connectivity index (χ1v) is 20.3. The van der Waals surface area contributed by atoms with Crippen LogP contribution in [-0.4, -0.2) is 47.9 Å². The van der Waals surface area contributed by atoms with E-state index in [1.54, 1.807) is 4.90 Å². The maximum atomic E-state index is 13.7. The molecule has 0 radical (unpaired) electrons. The highest BCUT2D eigenvalue weighted by atomic mass is 79.9. The first-order chi connectivity index (χ1) is 24.2. The third-order valence-electron chi connectivity index (χ3n) is 10.9. The molecule has 6 rings (SSSR count). The molecule has 2 spiro atoms. The Morgan fingerprint density at radius 3 is 1.61 bits per heavy atom. The van der Waals surface area contributed by atoms with Gasteiger partial charge < -0.3 is 26.6 Å². The van der Waals surface area contributed by atoms with Crippen molar-refractivity contribution in [3.05, 3.63) is 91.0 Å². The summed E-state index contributed by atoms with van der Waals surface area (Å²) in [4.78, 5) is 39.3. The van der Waals surface area contributed by atoms with E-state index in [9.17, 15) is 4.79 Å². The second-order valence-electron chi connectivity index (χ2n) is 15.2. The van der Waals surface area contributed by atoms with Crippen LogP contribution in [0.15, 0.2) is 91.0 Å². The Hall–Kier alpha value is -2.76. The average Bonchev–Trinajstić information content (AvgIpc) is 3.15. The number of carbonyl (C=O) groups is 1. The highest BCUT2D eigenvalue weighted by Crippen LogP contribution is 2.56. The van der Waals surface area contributed by atoms with Crippen LogP contribution >= 0.6 is 7.26 Å². The lowest BCUT2D eigenvalue weighted by atomic mass is 9.71. The van der Waals surface area contributed by atoms with Crippen molar-refractivity contribution < 1.29 is 46.1 Å². The third-order valence-corrected chi connectivity index (χ3v) is 15.4. The smallest absolute Gasteiger partial charge is 0.410 e. The molecule has 51 heavy (non-hydrogen) atoms. The minimum atomic E-state index is -2.01. The standard InChI is InChI=1S/C42H53NO6P.BrH/c1-5-6-31-43(32-16-33-50(36-17-10-7-11-18-36,37-19-12-8-13-20-37)38-21-14-9-15-22-38)39(44)45-35-25-29-42(30-26-35)48-46-41(47-49-42)27-23-34(24-28-41)40(2,3)4;/h1,7-15,17-22,34-35H,6,16,23-33H2,2-4H3;1H/q+1;/p-1. The number of hydrogen-bond acceptors (Lipinski definition) is 6. The number of halogens is 1. The van der Waals surface area contributed by atoms with Crippen molar-refractivity contribution >= 4 is 29.3 Å². The molecule has 1 heterocycles. The van der Waals surface area contributed by atoms with Gasteiger partial charge >= 0.3 is 6.09 Å². The van der Waals surface area contributed by atoms with Crippen LogP contribution in [0.25, 0.3) is 0 Å². The van der Waals surface area contributed by atoms with Gasteiger partial charge in [0.1, 0.15) is 29.3 Å². The summed E-state index contributed by atoms with van der Waals surface area (Å²) in [7, 11) is -2.01. The first-order valence-electron chi connectivity index (χ1n) is 18.3. The van der Waals surface area contributed by atoms with Crippen LogP contribution in [0.1, 0.15) is 85.0 Å². The van der Waals surface area contributed by atoms with E-state index in [0.717, 1.165) is 38.3 Å². The van der Waals surface area contributed by atoms with Crippen molar-refractivity contribution in [2.24, 2.45) is 11.3 Å². The summed E-state index contributed by atoms with van der Waals surface area (Å²) in [5.41, 5.74) is 0.254. The molecule has 3 aromatic rings. The van der Waals surface area contributed by atoms with Gasteiger partial charge in [-0.05, 0) is 79.8 Å². The normalized spacial score (nSPS) is 25.1. The fourth-order valence-corrected chi connectivity index (χ4v) is 12.2. The molecule has 0 N–H and O–H groups in total. The lowest BCUT2D eigenvalue weighted by Gasteiger charge is -2.48. The van der Waals surface area contributed by atoms with Crippen LogP contribution in [0, 0.1) is 23.7 Å². The molecule has 3 aromatic carbocycles. The van der Waals surface area contributed by atoms with Gasteiger partial charge in [-0.3, -0.25) is 0 Å². The van der Waals surface area contributed by atoms with Gasteiger partial charge in [-0.25, -0.2) is 4.79 Å². The van der Waals surface area contributed by atoms with Gasteiger partial charge in [-0.2, -0.15) is 19.6 Å². The SMILES string of the molecule is C#CCCN(CCC[P+](c1ccccc1)(c1ccccc1)c1ccccc1)C(=O)OC1CCC2(CC1)OOC1(CCC(C(C)(C)C)CC1)OO2.[Br-]. The van der Waals surface area contributed by atoms with E-state index < -0.39 is 18.8 Å². The summed E-state index contributed by atoms with van der Waals surface area (Å²) in [5, 5.41) is 3.99. The molecule has 1 saturated heterocycles. The largest absolute Gasteiger partial charge is 1.00 e. The molecule has 3 aliphatic rings. The minimum absolute atomic E-state index is 0. The number of terminal acetylenes is 1. The molecule has 274 valence electrons. The molecular formula is C42H53BrNO6P. The Kier molecular flexibility index (Phi) is 13.4. The van der Waals surface area contributed by atoms with E-state index >= 15 is 0 Å². The number of amides is 1. The molecule has 0 atom stereocenters. The van der Waals surface area contributed by atoms with E-state index in [1.165, 1.54) is 15.9 Å². The molecule has 3 fully saturated rings. The predicted octanol–water partition coefficient (Wildman–Crippen LogP) is 5.32. The zero-order valence-corrected chi connectivity index (χ0v) is 32.8. The fraction of sp³-hybridized carbons (Fsp3) is 0.500. The number of benzene rings is 3. The number of nitrogens with zero attached hydrogens (tertiary/aromatic N) is 1. The summed E-state index contributed by atoms with van der Waals surface area (Å²) in [6.07, 6.45) is 12.9. The number of hydrogen-bond donors (Lipinski definition) is 0. The molecule has 0 unspecified atom stereocenters. The number of carbonyl (C=O) groups excluding carboxylic acids is 1. The Balaban J connectivity index is 0.00000504. The van der Waals surface area contributed by atoms with Crippen molar-refractivity contribution in [3.63, 3.8) is 0 Å². The lowest BCUT2D eigenvalue weighted by Crippen LogP contribution is -3.00. The highest BCUT2D eigenvalue weighted by molar-refractivity contribution is 7.95. The van der Waals surface area contributed by atoms with E-state index in [2.05, 4.69) is 118 Å². The molecule has 1 amide bonds. The van der Waals surface area contributed by atoms with Crippen LogP contribution in [0.5, 0.6) is 0 Å². The van der Waals surface area contributed by atoms with Crippen molar-refractivity contribution in [1.82, 2.24) is 4.90 Å². The zero-order chi connectivity index (χ0) is 35.1. The van der Waals surface area contributed by atoms with Crippen molar-refractivity contribution in [2.75, 3.05) is 19.3 Å². The van der Waals surface area contributed by atoms with E-state index in [1.807, 2.05) is 0 Å². The van der Waals surface area contributed by atoms with Gasteiger partial charge in [0, 0.05) is 45.2 Å². The van der Waals surface area contributed by atoms with Gasteiger partial charge in [-0.1, -0.05) is 75.4 Å². The Morgan fingerprint density at radius 2 is 1.20 bits per heavy atom. The maximum Gasteiger partial charge on any atom is 0.410 e. The molecule has 0 aromatic heterocycles. The average molecular weight is 779 g/mol. The van der Waals surface area contributed by atoms with Crippen molar-refractivity contribution in [3.8, 4) is 12.3 Å². The molecule has 2 saturated carbocycles. The molecule has 0 bridgehead atoms.